The molecule has 1 aliphatic rings. The second-order valence-corrected chi connectivity index (χ2v) is 4.69. The summed E-state index contributed by atoms with van der Waals surface area (Å²) < 4.78 is 0. The first-order valence-corrected chi connectivity index (χ1v) is 6.53. The van der Waals surface area contributed by atoms with E-state index in [1.165, 1.54) is 11.1 Å². The Hall–Kier alpha value is -0.240. The van der Waals surface area contributed by atoms with Crippen molar-refractivity contribution in [3.05, 3.63) is 33.3 Å². The molecule has 0 bridgehead atoms. The van der Waals surface area contributed by atoms with Crippen LogP contribution in [-0.2, 0) is 6.42 Å². The van der Waals surface area contributed by atoms with E-state index in [1.54, 1.807) is 0 Å². The van der Waals surface area contributed by atoms with Crippen molar-refractivity contribution in [1.29, 1.82) is 0 Å². The minimum atomic E-state index is 0.438. The lowest BCUT2D eigenvalue weighted by molar-refractivity contribution is 0.247. The number of fused-ring (bicyclic) bond motifs is 1. The molecule has 2 rings (SSSR count). The first-order chi connectivity index (χ1) is 7.59. The third-order valence-corrected chi connectivity index (χ3v) is 3.75. The van der Waals surface area contributed by atoms with Gasteiger partial charge in [-0.1, -0.05) is 37.0 Å². The van der Waals surface area contributed by atoms with Crippen LogP contribution in [0.1, 0.15) is 37.9 Å². The molecule has 0 aliphatic carbocycles. The van der Waals surface area contributed by atoms with Gasteiger partial charge in [-0.05, 0) is 43.7 Å². The molecule has 0 saturated carbocycles. The van der Waals surface area contributed by atoms with Crippen LogP contribution in [-0.4, -0.2) is 18.5 Å². The molecule has 0 saturated heterocycles. The van der Waals surface area contributed by atoms with Crippen LogP contribution < -0.4 is 0 Å². The Kier molecular flexibility index (Phi) is 5.10. The molecule has 16 heavy (non-hydrogen) atoms. The van der Waals surface area contributed by atoms with Crippen molar-refractivity contribution in [2.75, 3.05) is 13.6 Å². The standard InChI is InChI=1S/C11H13Cl2N.C2H6/c1-7-9-6-11(13)10(12)5-8(9)3-4-14(7)2;1-2/h5-7H,3-4H2,1-2H3;1-2H3. The molecule has 0 fully saturated rings. The Morgan fingerprint density at radius 1 is 1.19 bits per heavy atom. The third kappa shape index (κ3) is 2.71. The lowest BCUT2D eigenvalue weighted by Crippen LogP contribution is -2.30. The fourth-order valence-corrected chi connectivity index (χ4v) is 2.30. The fourth-order valence-electron chi connectivity index (χ4n) is 1.94. The van der Waals surface area contributed by atoms with E-state index in [2.05, 4.69) is 18.9 Å². The Bertz CT molecular complexity index is 363. The molecule has 1 unspecified atom stereocenters. The third-order valence-electron chi connectivity index (χ3n) is 3.03. The van der Waals surface area contributed by atoms with Crippen LogP contribution in [0.25, 0.3) is 0 Å². The van der Waals surface area contributed by atoms with Gasteiger partial charge < -0.3 is 0 Å². The Morgan fingerprint density at radius 3 is 2.38 bits per heavy atom. The molecule has 0 radical (unpaired) electrons. The number of benzene rings is 1. The summed E-state index contributed by atoms with van der Waals surface area (Å²) in [5, 5.41) is 1.33. The van der Waals surface area contributed by atoms with Crippen molar-refractivity contribution in [3.8, 4) is 0 Å². The van der Waals surface area contributed by atoms with Crippen LogP contribution in [0.15, 0.2) is 12.1 Å². The second kappa shape index (κ2) is 5.90. The van der Waals surface area contributed by atoms with Gasteiger partial charge in [0.15, 0.2) is 0 Å². The molecule has 1 heterocycles. The molecule has 1 aromatic carbocycles. The molecular formula is C13H19Cl2N. The van der Waals surface area contributed by atoms with Crippen molar-refractivity contribution in [3.63, 3.8) is 0 Å². The minimum Gasteiger partial charge on any atom is -0.299 e. The van der Waals surface area contributed by atoms with Gasteiger partial charge in [0.2, 0.25) is 0 Å². The number of hydrogen-bond donors (Lipinski definition) is 0. The Balaban J connectivity index is 0.000000606. The topological polar surface area (TPSA) is 3.24 Å². The van der Waals surface area contributed by atoms with E-state index in [0.29, 0.717) is 16.1 Å². The monoisotopic (exact) mass is 259 g/mol. The number of likely N-dealkylation sites (N-methyl/N-ethyl adjacent to an activating group) is 1. The van der Waals surface area contributed by atoms with Gasteiger partial charge in [-0.25, -0.2) is 0 Å². The molecule has 1 aliphatic heterocycles. The summed E-state index contributed by atoms with van der Waals surface area (Å²) in [7, 11) is 2.14. The Labute approximate surface area is 108 Å². The number of rotatable bonds is 0. The lowest BCUT2D eigenvalue weighted by atomic mass is 9.94. The van der Waals surface area contributed by atoms with Gasteiger partial charge in [-0.3, -0.25) is 4.90 Å². The average Bonchev–Trinajstić information content (AvgIpc) is 2.30. The predicted molar refractivity (Wildman–Crippen MR) is 72.6 cm³/mol. The van der Waals surface area contributed by atoms with Gasteiger partial charge in [0.1, 0.15) is 0 Å². The molecule has 0 amide bonds. The summed E-state index contributed by atoms with van der Waals surface area (Å²) in [6.07, 6.45) is 1.06. The molecule has 1 nitrogen and oxygen atoms in total. The highest BCUT2D eigenvalue weighted by atomic mass is 35.5. The zero-order chi connectivity index (χ0) is 12.3. The quantitative estimate of drug-likeness (QED) is 0.660. The largest absolute Gasteiger partial charge is 0.299 e. The van der Waals surface area contributed by atoms with E-state index in [1.807, 2.05) is 26.0 Å². The molecule has 0 aromatic heterocycles. The van der Waals surface area contributed by atoms with Crippen LogP contribution in [0, 0.1) is 0 Å². The number of nitrogens with zero attached hydrogens (tertiary/aromatic N) is 1. The van der Waals surface area contributed by atoms with Crippen molar-refractivity contribution >= 4 is 23.2 Å². The highest BCUT2D eigenvalue weighted by molar-refractivity contribution is 6.42. The van der Waals surface area contributed by atoms with E-state index in [4.69, 9.17) is 23.2 Å². The zero-order valence-electron chi connectivity index (χ0n) is 10.3. The van der Waals surface area contributed by atoms with Crippen molar-refractivity contribution in [2.45, 2.75) is 33.2 Å². The fraction of sp³-hybridized carbons (Fsp3) is 0.538. The van der Waals surface area contributed by atoms with E-state index in [-0.39, 0.29) is 0 Å². The summed E-state index contributed by atoms with van der Waals surface area (Å²) in [4.78, 5) is 2.33. The van der Waals surface area contributed by atoms with E-state index in [0.717, 1.165) is 13.0 Å². The van der Waals surface area contributed by atoms with Crippen molar-refractivity contribution in [2.24, 2.45) is 0 Å². The molecule has 90 valence electrons. The van der Waals surface area contributed by atoms with Crippen LogP contribution in [0.2, 0.25) is 10.0 Å². The van der Waals surface area contributed by atoms with Gasteiger partial charge in [0.05, 0.1) is 10.0 Å². The maximum Gasteiger partial charge on any atom is 0.0595 e. The number of halogens is 2. The van der Waals surface area contributed by atoms with Crippen molar-refractivity contribution < 1.29 is 0 Å². The molecule has 1 aromatic rings. The smallest absolute Gasteiger partial charge is 0.0595 e. The van der Waals surface area contributed by atoms with E-state index >= 15 is 0 Å². The van der Waals surface area contributed by atoms with Crippen molar-refractivity contribution in [1.82, 2.24) is 4.90 Å². The van der Waals surface area contributed by atoms with Gasteiger partial charge >= 0.3 is 0 Å². The maximum atomic E-state index is 6.01. The van der Waals surface area contributed by atoms with E-state index < -0.39 is 0 Å². The highest BCUT2D eigenvalue weighted by Crippen LogP contribution is 2.34. The Morgan fingerprint density at radius 2 is 1.75 bits per heavy atom. The van der Waals surface area contributed by atoms with Crippen LogP contribution in [0.4, 0.5) is 0 Å². The molecule has 1 atom stereocenters. The highest BCUT2D eigenvalue weighted by Gasteiger charge is 2.21. The number of hydrogen-bond acceptors (Lipinski definition) is 1. The van der Waals surface area contributed by atoms with E-state index in [9.17, 15) is 0 Å². The lowest BCUT2D eigenvalue weighted by Gasteiger charge is -2.32. The van der Waals surface area contributed by atoms with Crippen LogP contribution >= 0.6 is 23.2 Å². The molecule has 0 spiro atoms. The average molecular weight is 260 g/mol. The van der Waals surface area contributed by atoms with Crippen LogP contribution in [0.5, 0.6) is 0 Å². The first kappa shape index (κ1) is 13.8. The normalized spacial score (nSPS) is 19.8. The first-order valence-electron chi connectivity index (χ1n) is 5.77. The summed E-state index contributed by atoms with van der Waals surface area (Å²) in [6.45, 7) is 7.29. The summed E-state index contributed by atoms with van der Waals surface area (Å²) >= 11 is 12.0. The molecule has 0 N–H and O–H groups in total. The van der Waals surface area contributed by atoms with Gasteiger partial charge in [0, 0.05) is 12.6 Å². The predicted octanol–water partition coefficient (Wildman–Crippen LogP) is 4.57. The van der Waals surface area contributed by atoms with Gasteiger partial charge in [-0.15, -0.1) is 0 Å². The maximum absolute atomic E-state index is 6.01. The summed E-state index contributed by atoms with van der Waals surface area (Å²) in [6, 6.07) is 4.44. The van der Waals surface area contributed by atoms with Gasteiger partial charge in [0.25, 0.3) is 0 Å². The minimum absolute atomic E-state index is 0.438. The molecule has 3 heteroatoms. The van der Waals surface area contributed by atoms with Crippen LogP contribution in [0.3, 0.4) is 0 Å². The van der Waals surface area contributed by atoms with Gasteiger partial charge in [-0.2, -0.15) is 0 Å². The summed E-state index contributed by atoms with van der Waals surface area (Å²) in [5.74, 6) is 0. The SMILES string of the molecule is CC.CC1c2cc(Cl)c(Cl)cc2CCN1C. The second-order valence-electron chi connectivity index (χ2n) is 3.87. The summed E-state index contributed by atoms with van der Waals surface area (Å²) in [5.41, 5.74) is 2.65. The molecular weight excluding hydrogens is 241 g/mol. The zero-order valence-corrected chi connectivity index (χ0v) is 11.9.